The molecule has 1 aromatic rings. The van der Waals surface area contributed by atoms with E-state index in [4.69, 9.17) is 4.74 Å². The van der Waals surface area contributed by atoms with Crippen molar-refractivity contribution >= 4 is 11.6 Å². The van der Waals surface area contributed by atoms with Gasteiger partial charge in [0, 0.05) is 6.54 Å². The van der Waals surface area contributed by atoms with Gasteiger partial charge in [-0.2, -0.15) is 0 Å². The van der Waals surface area contributed by atoms with Gasteiger partial charge in [0.2, 0.25) is 0 Å². The molecule has 2 aliphatic rings. The van der Waals surface area contributed by atoms with Crippen molar-refractivity contribution < 1.29 is 9.53 Å². The Morgan fingerprint density at radius 1 is 1.33 bits per heavy atom. The average Bonchev–Trinajstić information content (AvgIpc) is 2.49. The Morgan fingerprint density at radius 2 is 2.19 bits per heavy atom. The van der Waals surface area contributed by atoms with E-state index < -0.39 is 0 Å². The molecule has 1 aliphatic heterocycles. The van der Waals surface area contributed by atoms with Crippen molar-refractivity contribution in [3.63, 3.8) is 0 Å². The van der Waals surface area contributed by atoms with Crippen LogP contribution in [-0.4, -0.2) is 19.1 Å². The van der Waals surface area contributed by atoms with Crippen molar-refractivity contribution in [2.24, 2.45) is 11.8 Å². The number of fused-ring (bicyclic) bond motifs is 1. The molecular formula is C17H24N2O2. The minimum Gasteiger partial charge on any atom is -0.482 e. The maximum Gasteiger partial charge on any atom is 0.262 e. The van der Waals surface area contributed by atoms with Crippen LogP contribution in [-0.2, 0) is 11.3 Å². The second-order valence-corrected chi connectivity index (χ2v) is 6.32. The maximum absolute atomic E-state index is 11.3. The van der Waals surface area contributed by atoms with E-state index in [2.05, 4.69) is 23.6 Å². The molecule has 1 saturated carbocycles. The highest BCUT2D eigenvalue weighted by Gasteiger charge is 2.20. The number of ether oxygens (including phenoxy) is 1. The Kier molecular flexibility index (Phi) is 4.44. The summed E-state index contributed by atoms with van der Waals surface area (Å²) in [6, 6.07) is 6.01. The summed E-state index contributed by atoms with van der Waals surface area (Å²) in [5.74, 6) is 2.32. The van der Waals surface area contributed by atoms with Gasteiger partial charge in [0.15, 0.2) is 6.61 Å². The highest BCUT2D eigenvalue weighted by atomic mass is 16.5. The lowest BCUT2D eigenvalue weighted by Gasteiger charge is -2.29. The van der Waals surface area contributed by atoms with Crippen molar-refractivity contribution in [2.45, 2.75) is 39.2 Å². The van der Waals surface area contributed by atoms with Crippen LogP contribution >= 0.6 is 0 Å². The van der Waals surface area contributed by atoms with Gasteiger partial charge < -0.3 is 15.4 Å². The second-order valence-electron chi connectivity index (χ2n) is 6.32. The summed E-state index contributed by atoms with van der Waals surface area (Å²) in [7, 11) is 0. The van der Waals surface area contributed by atoms with E-state index in [1.807, 2.05) is 12.1 Å². The number of anilines is 1. The van der Waals surface area contributed by atoms with E-state index in [9.17, 15) is 4.79 Å². The summed E-state index contributed by atoms with van der Waals surface area (Å²) < 4.78 is 5.37. The lowest BCUT2D eigenvalue weighted by atomic mass is 9.80. The van der Waals surface area contributed by atoms with Crippen LogP contribution in [0.5, 0.6) is 5.75 Å². The van der Waals surface area contributed by atoms with Crippen molar-refractivity contribution in [1.29, 1.82) is 0 Å². The maximum atomic E-state index is 11.3. The molecule has 0 bridgehead atoms. The normalized spacial score (nSPS) is 24.9. The molecule has 1 aromatic carbocycles. The van der Waals surface area contributed by atoms with E-state index in [0.29, 0.717) is 0 Å². The molecule has 1 fully saturated rings. The largest absolute Gasteiger partial charge is 0.482 e. The Morgan fingerprint density at radius 3 is 3.05 bits per heavy atom. The summed E-state index contributed by atoms with van der Waals surface area (Å²) >= 11 is 0. The lowest BCUT2D eigenvalue weighted by Crippen LogP contribution is -2.29. The predicted molar refractivity (Wildman–Crippen MR) is 83.4 cm³/mol. The smallest absolute Gasteiger partial charge is 0.262 e. The standard InChI is InChI=1S/C17H24N2O2/c1-12-4-2-3-5-14(12)10-18-9-13-6-7-16-15(8-13)19-17(20)11-21-16/h6-8,12,14,18H,2-5,9-11H2,1H3,(H,19,20). The highest BCUT2D eigenvalue weighted by molar-refractivity contribution is 5.95. The molecule has 114 valence electrons. The third-order valence-electron chi connectivity index (χ3n) is 4.70. The summed E-state index contributed by atoms with van der Waals surface area (Å²) in [4.78, 5) is 11.3. The Labute approximate surface area is 126 Å². The van der Waals surface area contributed by atoms with Crippen molar-refractivity contribution in [3.8, 4) is 5.75 Å². The zero-order valence-electron chi connectivity index (χ0n) is 12.7. The second kappa shape index (κ2) is 6.48. The van der Waals surface area contributed by atoms with Gasteiger partial charge in [0.1, 0.15) is 5.75 Å². The molecule has 0 spiro atoms. The highest BCUT2D eigenvalue weighted by Crippen LogP contribution is 2.30. The fraction of sp³-hybridized carbons (Fsp3) is 0.588. The predicted octanol–water partition coefficient (Wildman–Crippen LogP) is 2.93. The van der Waals surface area contributed by atoms with Crippen LogP contribution in [0.15, 0.2) is 18.2 Å². The number of carbonyl (C=O) groups is 1. The van der Waals surface area contributed by atoms with Crippen LogP contribution in [0.4, 0.5) is 5.69 Å². The Hall–Kier alpha value is -1.55. The number of hydrogen-bond acceptors (Lipinski definition) is 3. The van der Waals surface area contributed by atoms with Crippen molar-refractivity contribution in [1.82, 2.24) is 5.32 Å². The van der Waals surface area contributed by atoms with E-state index in [0.717, 1.165) is 36.4 Å². The van der Waals surface area contributed by atoms with Gasteiger partial charge in [-0.15, -0.1) is 0 Å². The summed E-state index contributed by atoms with van der Waals surface area (Å²) in [6.45, 7) is 4.41. The van der Waals surface area contributed by atoms with E-state index in [1.54, 1.807) is 0 Å². The molecule has 1 aliphatic carbocycles. The first-order valence-electron chi connectivity index (χ1n) is 7.98. The fourth-order valence-electron chi connectivity index (χ4n) is 3.34. The zero-order valence-corrected chi connectivity index (χ0v) is 12.7. The van der Waals surface area contributed by atoms with Crippen LogP contribution in [0, 0.1) is 11.8 Å². The molecule has 1 amide bonds. The van der Waals surface area contributed by atoms with Crippen molar-refractivity contribution in [2.75, 3.05) is 18.5 Å². The molecule has 0 radical (unpaired) electrons. The minimum absolute atomic E-state index is 0.0800. The number of hydrogen-bond donors (Lipinski definition) is 2. The quantitative estimate of drug-likeness (QED) is 0.895. The molecule has 0 saturated heterocycles. The molecule has 2 unspecified atom stereocenters. The number of rotatable bonds is 4. The first-order chi connectivity index (χ1) is 10.2. The average molecular weight is 288 g/mol. The molecule has 0 aromatic heterocycles. The van der Waals surface area contributed by atoms with Gasteiger partial charge >= 0.3 is 0 Å². The number of nitrogens with one attached hydrogen (secondary N) is 2. The van der Waals surface area contributed by atoms with Gasteiger partial charge in [-0.1, -0.05) is 32.3 Å². The van der Waals surface area contributed by atoms with Gasteiger partial charge in [-0.3, -0.25) is 4.79 Å². The lowest BCUT2D eigenvalue weighted by molar-refractivity contribution is -0.118. The first kappa shape index (κ1) is 14.4. The summed E-state index contributed by atoms with van der Waals surface area (Å²) in [5, 5.41) is 6.42. The Bertz CT molecular complexity index is 516. The van der Waals surface area contributed by atoms with Gasteiger partial charge in [-0.05, 0) is 42.5 Å². The van der Waals surface area contributed by atoms with Gasteiger partial charge in [0.25, 0.3) is 5.91 Å². The number of carbonyl (C=O) groups excluding carboxylic acids is 1. The van der Waals surface area contributed by atoms with Crippen LogP contribution in [0.25, 0.3) is 0 Å². The molecule has 2 atom stereocenters. The number of benzene rings is 1. The molecule has 4 nitrogen and oxygen atoms in total. The van der Waals surface area contributed by atoms with E-state index in [-0.39, 0.29) is 12.5 Å². The first-order valence-corrected chi connectivity index (χ1v) is 7.98. The number of amides is 1. The third-order valence-corrected chi connectivity index (χ3v) is 4.70. The monoisotopic (exact) mass is 288 g/mol. The minimum atomic E-state index is -0.0800. The van der Waals surface area contributed by atoms with E-state index >= 15 is 0 Å². The topological polar surface area (TPSA) is 50.4 Å². The molecule has 3 rings (SSSR count). The molecule has 4 heteroatoms. The van der Waals surface area contributed by atoms with Gasteiger partial charge in [-0.25, -0.2) is 0 Å². The van der Waals surface area contributed by atoms with Crippen LogP contribution in [0.2, 0.25) is 0 Å². The van der Waals surface area contributed by atoms with E-state index in [1.165, 1.54) is 31.2 Å². The van der Waals surface area contributed by atoms with Crippen molar-refractivity contribution in [3.05, 3.63) is 23.8 Å². The fourth-order valence-corrected chi connectivity index (χ4v) is 3.34. The molecule has 21 heavy (non-hydrogen) atoms. The molecule has 2 N–H and O–H groups in total. The summed E-state index contributed by atoms with van der Waals surface area (Å²) in [5.41, 5.74) is 1.97. The van der Waals surface area contributed by atoms with Crippen LogP contribution in [0.3, 0.4) is 0 Å². The van der Waals surface area contributed by atoms with Crippen LogP contribution in [0.1, 0.15) is 38.2 Å². The molecular weight excluding hydrogens is 264 g/mol. The Balaban J connectivity index is 1.53. The summed E-state index contributed by atoms with van der Waals surface area (Å²) in [6.07, 6.45) is 5.48. The van der Waals surface area contributed by atoms with Gasteiger partial charge in [0.05, 0.1) is 5.69 Å². The van der Waals surface area contributed by atoms with Crippen LogP contribution < -0.4 is 15.4 Å². The third kappa shape index (κ3) is 3.56. The molecule has 1 heterocycles. The SMILES string of the molecule is CC1CCCCC1CNCc1ccc2c(c1)NC(=O)CO2. The zero-order chi connectivity index (χ0) is 14.7.